The Kier molecular flexibility index (Phi) is 6.40. The molecule has 1 atom stereocenters. The normalized spacial score (nSPS) is 16.6. The fourth-order valence-corrected chi connectivity index (χ4v) is 4.49. The lowest BCUT2D eigenvalue weighted by Gasteiger charge is -2.14. The standard InChI is InChI=1S/C23H26N2O4S/c1-26-18-8-6-16(7-9-18)22-15-30-23(25(22)14-19-5-4-10-29-19)24-17-11-20(27-2)13-21(12-17)28-3/h6-9,11-13,15,19H,4-5,10,14H2,1-3H3. The molecule has 0 N–H and O–H groups in total. The lowest BCUT2D eigenvalue weighted by molar-refractivity contribution is 0.0968. The molecule has 1 aliphatic rings. The van der Waals surface area contributed by atoms with Gasteiger partial charge in [0.1, 0.15) is 17.2 Å². The molecule has 30 heavy (non-hydrogen) atoms. The number of thiazole rings is 1. The van der Waals surface area contributed by atoms with Gasteiger partial charge in [-0.25, -0.2) is 4.99 Å². The number of hydrogen-bond acceptors (Lipinski definition) is 6. The van der Waals surface area contributed by atoms with E-state index in [1.807, 2.05) is 30.3 Å². The van der Waals surface area contributed by atoms with Gasteiger partial charge in [0.2, 0.25) is 0 Å². The van der Waals surface area contributed by atoms with Crippen LogP contribution in [0.4, 0.5) is 5.69 Å². The Balaban J connectivity index is 1.79. The molecule has 1 unspecified atom stereocenters. The van der Waals surface area contributed by atoms with Crippen LogP contribution in [0.5, 0.6) is 17.2 Å². The van der Waals surface area contributed by atoms with Crippen molar-refractivity contribution in [3.63, 3.8) is 0 Å². The smallest absolute Gasteiger partial charge is 0.190 e. The van der Waals surface area contributed by atoms with Crippen LogP contribution in [0.3, 0.4) is 0 Å². The minimum atomic E-state index is 0.204. The summed E-state index contributed by atoms with van der Waals surface area (Å²) in [6.45, 7) is 1.59. The molecule has 7 heteroatoms. The highest BCUT2D eigenvalue weighted by Crippen LogP contribution is 2.29. The van der Waals surface area contributed by atoms with Crippen LogP contribution in [0.2, 0.25) is 0 Å². The maximum Gasteiger partial charge on any atom is 0.190 e. The van der Waals surface area contributed by atoms with Gasteiger partial charge >= 0.3 is 0 Å². The Morgan fingerprint density at radius 3 is 2.30 bits per heavy atom. The summed E-state index contributed by atoms with van der Waals surface area (Å²) in [5, 5.41) is 2.15. The largest absolute Gasteiger partial charge is 0.497 e. The van der Waals surface area contributed by atoms with Gasteiger partial charge in [0.05, 0.1) is 45.4 Å². The van der Waals surface area contributed by atoms with E-state index >= 15 is 0 Å². The van der Waals surface area contributed by atoms with Crippen LogP contribution in [-0.2, 0) is 11.3 Å². The molecule has 2 heterocycles. The van der Waals surface area contributed by atoms with Crippen LogP contribution in [0.25, 0.3) is 11.3 Å². The molecule has 1 fully saturated rings. The van der Waals surface area contributed by atoms with E-state index in [1.54, 1.807) is 32.7 Å². The molecule has 1 aromatic heterocycles. The van der Waals surface area contributed by atoms with Crippen molar-refractivity contribution in [1.29, 1.82) is 0 Å². The second-order valence-corrected chi connectivity index (χ2v) is 7.90. The third kappa shape index (κ3) is 4.52. The third-order valence-corrected chi connectivity index (χ3v) is 6.02. The molecule has 0 aliphatic carbocycles. The fourth-order valence-electron chi connectivity index (χ4n) is 3.55. The van der Waals surface area contributed by atoms with Crippen molar-refractivity contribution in [3.8, 4) is 28.5 Å². The summed E-state index contributed by atoms with van der Waals surface area (Å²) >= 11 is 1.61. The zero-order chi connectivity index (χ0) is 20.9. The first-order chi connectivity index (χ1) is 14.7. The molecule has 0 saturated carbocycles. The molecule has 3 aromatic rings. The molecule has 0 amide bonds. The molecular formula is C23H26N2O4S. The Morgan fingerprint density at radius 1 is 1.00 bits per heavy atom. The molecule has 4 rings (SSSR count). The van der Waals surface area contributed by atoms with E-state index in [0.717, 1.165) is 53.5 Å². The van der Waals surface area contributed by atoms with Gasteiger partial charge in [-0.2, -0.15) is 0 Å². The molecule has 158 valence electrons. The molecule has 1 saturated heterocycles. The van der Waals surface area contributed by atoms with Crippen molar-refractivity contribution in [1.82, 2.24) is 4.57 Å². The predicted molar refractivity (Wildman–Crippen MR) is 118 cm³/mol. The molecule has 0 radical (unpaired) electrons. The minimum absolute atomic E-state index is 0.204. The second-order valence-electron chi connectivity index (χ2n) is 7.06. The Bertz CT molecular complexity index is 1030. The number of methoxy groups -OCH3 is 3. The first-order valence-corrected chi connectivity index (χ1v) is 10.8. The lowest BCUT2D eigenvalue weighted by atomic mass is 10.1. The predicted octanol–water partition coefficient (Wildman–Crippen LogP) is 4.65. The molecule has 0 spiro atoms. The van der Waals surface area contributed by atoms with Crippen LogP contribution < -0.4 is 19.0 Å². The maximum atomic E-state index is 5.91. The van der Waals surface area contributed by atoms with E-state index in [0.29, 0.717) is 11.5 Å². The van der Waals surface area contributed by atoms with Gasteiger partial charge in [0.25, 0.3) is 0 Å². The lowest BCUT2D eigenvalue weighted by Crippen LogP contribution is -2.24. The first kappa shape index (κ1) is 20.5. The highest BCUT2D eigenvalue weighted by Gasteiger charge is 2.19. The van der Waals surface area contributed by atoms with Crippen LogP contribution in [-0.4, -0.2) is 38.6 Å². The Morgan fingerprint density at radius 2 is 1.70 bits per heavy atom. The van der Waals surface area contributed by atoms with Gasteiger partial charge in [0.15, 0.2) is 4.80 Å². The number of rotatable bonds is 7. The zero-order valence-electron chi connectivity index (χ0n) is 17.5. The van der Waals surface area contributed by atoms with Crippen molar-refractivity contribution in [3.05, 3.63) is 52.6 Å². The highest BCUT2D eigenvalue weighted by molar-refractivity contribution is 7.07. The number of hydrogen-bond donors (Lipinski definition) is 0. The van der Waals surface area contributed by atoms with Crippen molar-refractivity contribution < 1.29 is 18.9 Å². The maximum absolute atomic E-state index is 5.91. The van der Waals surface area contributed by atoms with Crippen molar-refractivity contribution in [2.24, 2.45) is 4.99 Å². The van der Waals surface area contributed by atoms with Gasteiger partial charge in [-0.15, -0.1) is 11.3 Å². The third-order valence-electron chi connectivity index (χ3n) is 5.15. The number of benzene rings is 2. The monoisotopic (exact) mass is 426 g/mol. The summed E-state index contributed by atoms with van der Waals surface area (Å²) in [6, 6.07) is 13.8. The highest BCUT2D eigenvalue weighted by atomic mass is 32.1. The summed E-state index contributed by atoms with van der Waals surface area (Å²) in [6.07, 6.45) is 2.37. The summed E-state index contributed by atoms with van der Waals surface area (Å²) in [5.41, 5.74) is 3.02. The molecule has 2 aromatic carbocycles. The van der Waals surface area contributed by atoms with Crippen LogP contribution in [0, 0.1) is 0 Å². The Labute approximate surface area is 180 Å². The summed E-state index contributed by atoms with van der Waals surface area (Å²) in [4.78, 5) is 5.83. The van der Waals surface area contributed by atoms with Gasteiger partial charge < -0.3 is 23.5 Å². The van der Waals surface area contributed by atoms with Crippen molar-refractivity contribution >= 4 is 17.0 Å². The van der Waals surface area contributed by atoms with Gasteiger partial charge in [-0.3, -0.25) is 0 Å². The summed E-state index contributed by atoms with van der Waals surface area (Å²) in [5.74, 6) is 2.27. The van der Waals surface area contributed by atoms with E-state index in [-0.39, 0.29) is 6.10 Å². The van der Waals surface area contributed by atoms with E-state index in [2.05, 4.69) is 22.1 Å². The fraction of sp³-hybridized carbons (Fsp3) is 0.348. The van der Waals surface area contributed by atoms with E-state index in [9.17, 15) is 0 Å². The van der Waals surface area contributed by atoms with Gasteiger partial charge in [-0.05, 0) is 42.7 Å². The first-order valence-electron chi connectivity index (χ1n) is 9.92. The zero-order valence-corrected chi connectivity index (χ0v) is 18.3. The van der Waals surface area contributed by atoms with Crippen LogP contribution in [0.15, 0.2) is 52.8 Å². The number of ether oxygens (including phenoxy) is 4. The number of nitrogens with zero attached hydrogens (tertiary/aromatic N) is 2. The minimum Gasteiger partial charge on any atom is -0.497 e. The van der Waals surface area contributed by atoms with E-state index in [1.165, 1.54) is 0 Å². The van der Waals surface area contributed by atoms with Gasteiger partial charge in [-0.1, -0.05) is 0 Å². The average Bonchev–Trinajstić information content (AvgIpc) is 3.44. The van der Waals surface area contributed by atoms with Gasteiger partial charge in [0, 0.05) is 30.2 Å². The Hall–Kier alpha value is -2.77. The van der Waals surface area contributed by atoms with Crippen LogP contribution >= 0.6 is 11.3 Å². The van der Waals surface area contributed by atoms with E-state index < -0.39 is 0 Å². The van der Waals surface area contributed by atoms with Crippen LogP contribution in [0.1, 0.15) is 12.8 Å². The average molecular weight is 427 g/mol. The quantitative estimate of drug-likeness (QED) is 0.552. The molecule has 0 bridgehead atoms. The summed E-state index contributed by atoms with van der Waals surface area (Å²) < 4.78 is 24.3. The SMILES string of the molecule is COc1ccc(-c2csc(=Nc3cc(OC)cc(OC)c3)n2CC2CCCO2)cc1. The van der Waals surface area contributed by atoms with Crippen molar-refractivity contribution in [2.75, 3.05) is 27.9 Å². The molecule has 1 aliphatic heterocycles. The van der Waals surface area contributed by atoms with Crippen molar-refractivity contribution in [2.45, 2.75) is 25.5 Å². The molecular weight excluding hydrogens is 400 g/mol. The topological polar surface area (TPSA) is 54.2 Å². The summed E-state index contributed by atoms with van der Waals surface area (Å²) in [7, 11) is 4.96. The molecule has 6 nitrogen and oxygen atoms in total. The second kappa shape index (κ2) is 9.36. The number of aromatic nitrogens is 1. The van der Waals surface area contributed by atoms with E-state index in [4.69, 9.17) is 23.9 Å².